The number of unbranched alkanes of at least 4 members (excludes halogenated alkanes) is 4. The second-order valence-electron chi connectivity index (χ2n) is 8.00. The van der Waals surface area contributed by atoms with Crippen molar-refractivity contribution < 1.29 is 0 Å². The third kappa shape index (κ3) is 5.41. The van der Waals surface area contributed by atoms with Gasteiger partial charge in [-0.15, -0.1) is 0 Å². The van der Waals surface area contributed by atoms with Gasteiger partial charge in [-0.3, -0.25) is 0 Å². The first-order chi connectivity index (χ1) is 9.79. The van der Waals surface area contributed by atoms with Gasteiger partial charge in [0.25, 0.3) is 0 Å². The maximum Gasteiger partial charge on any atom is -0.0386 e. The summed E-state index contributed by atoms with van der Waals surface area (Å²) in [5.74, 6) is 4.33. The highest BCUT2D eigenvalue weighted by atomic mass is 14.3. The highest BCUT2D eigenvalue weighted by molar-refractivity contribution is 4.81. The van der Waals surface area contributed by atoms with Crippen molar-refractivity contribution in [1.82, 2.24) is 0 Å². The van der Waals surface area contributed by atoms with E-state index in [1.165, 1.54) is 51.4 Å². The lowest BCUT2D eigenvalue weighted by Crippen LogP contribution is -2.25. The highest BCUT2D eigenvalue weighted by Crippen LogP contribution is 2.42. The fraction of sp³-hybridized carbons (Fsp3) is 1.00. The van der Waals surface area contributed by atoms with Crippen molar-refractivity contribution in [3.63, 3.8) is 0 Å². The van der Waals surface area contributed by atoms with Crippen LogP contribution in [0.2, 0.25) is 0 Å². The predicted molar refractivity (Wildman–Crippen MR) is 89.9 cm³/mol. The summed E-state index contributed by atoms with van der Waals surface area (Å²) in [6.45, 7) is 4.76. The van der Waals surface area contributed by atoms with Crippen LogP contribution in [-0.2, 0) is 0 Å². The van der Waals surface area contributed by atoms with E-state index < -0.39 is 0 Å². The third-order valence-corrected chi connectivity index (χ3v) is 6.33. The van der Waals surface area contributed by atoms with E-state index in [0.717, 1.165) is 23.7 Å². The van der Waals surface area contributed by atoms with E-state index in [1.54, 1.807) is 38.5 Å². The topological polar surface area (TPSA) is 0 Å². The molecule has 0 aromatic carbocycles. The molecule has 2 saturated carbocycles. The summed E-state index contributed by atoms with van der Waals surface area (Å²) >= 11 is 0. The van der Waals surface area contributed by atoms with Gasteiger partial charge in [-0.05, 0) is 49.4 Å². The standard InChI is InChI=1S/C20H38/c1-3-4-5-6-7-8-18-11-15-20(16-12-18)19-13-9-17(2)10-14-19/h17-20H,3-16H2,1-2H3/t17-,18-,19-,20-. The molecule has 2 aliphatic carbocycles. The molecule has 0 N–H and O–H groups in total. The first kappa shape index (κ1) is 16.4. The zero-order valence-corrected chi connectivity index (χ0v) is 14.2. The normalized spacial score (nSPS) is 35.1. The average molecular weight is 279 g/mol. The Labute approximate surface area is 128 Å². The predicted octanol–water partition coefficient (Wildman–Crippen LogP) is 6.98. The Morgan fingerprint density at radius 1 is 0.650 bits per heavy atom. The first-order valence-electron chi connectivity index (χ1n) is 9.79. The molecule has 0 aromatic rings. The minimum atomic E-state index is 1.02. The van der Waals surface area contributed by atoms with Crippen LogP contribution in [0.4, 0.5) is 0 Å². The van der Waals surface area contributed by atoms with Crippen molar-refractivity contribution in [3.8, 4) is 0 Å². The summed E-state index contributed by atoms with van der Waals surface area (Å²) in [6, 6.07) is 0. The second-order valence-corrected chi connectivity index (χ2v) is 8.00. The van der Waals surface area contributed by atoms with E-state index in [4.69, 9.17) is 0 Å². The molecular formula is C20H38. The van der Waals surface area contributed by atoms with E-state index >= 15 is 0 Å². The van der Waals surface area contributed by atoms with Gasteiger partial charge >= 0.3 is 0 Å². The van der Waals surface area contributed by atoms with Gasteiger partial charge in [0.1, 0.15) is 0 Å². The Balaban J connectivity index is 1.55. The monoisotopic (exact) mass is 278 g/mol. The lowest BCUT2D eigenvalue weighted by Gasteiger charge is -2.37. The number of hydrogen-bond donors (Lipinski definition) is 0. The SMILES string of the molecule is CCCCCCC[C@H]1CC[C@H]([C@H]2CC[C@H](C)CC2)CC1. The molecule has 0 nitrogen and oxygen atoms in total. The van der Waals surface area contributed by atoms with E-state index in [2.05, 4.69) is 13.8 Å². The summed E-state index contributed by atoms with van der Waals surface area (Å²) in [4.78, 5) is 0. The lowest BCUT2D eigenvalue weighted by atomic mass is 9.69. The Kier molecular flexibility index (Phi) is 7.45. The highest BCUT2D eigenvalue weighted by Gasteiger charge is 2.29. The molecule has 2 aliphatic rings. The van der Waals surface area contributed by atoms with Crippen LogP contribution < -0.4 is 0 Å². The van der Waals surface area contributed by atoms with Gasteiger partial charge in [0.05, 0.1) is 0 Å². The van der Waals surface area contributed by atoms with Crippen LogP contribution in [-0.4, -0.2) is 0 Å². The third-order valence-electron chi connectivity index (χ3n) is 6.33. The summed E-state index contributed by atoms with van der Waals surface area (Å²) in [5.41, 5.74) is 0. The van der Waals surface area contributed by atoms with Gasteiger partial charge in [0.15, 0.2) is 0 Å². The second kappa shape index (κ2) is 9.11. The van der Waals surface area contributed by atoms with E-state index in [1.807, 2.05) is 0 Å². The fourth-order valence-corrected chi connectivity index (χ4v) is 4.74. The van der Waals surface area contributed by atoms with Crippen LogP contribution in [0.15, 0.2) is 0 Å². The maximum atomic E-state index is 2.45. The van der Waals surface area contributed by atoms with Crippen LogP contribution in [0, 0.1) is 23.7 Å². The molecule has 2 rings (SSSR count). The van der Waals surface area contributed by atoms with Gasteiger partial charge in [0.2, 0.25) is 0 Å². The number of hydrogen-bond acceptors (Lipinski definition) is 0. The quantitative estimate of drug-likeness (QED) is 0.441. The van der Waals surface area contributed by atoms with Crippen molar-refractivity contribution in [2.75, 3.05) is 0 Å². The Bertz CT molecular complexity index is 228. The van der Waals surface area contributed by atoms with Gasteiger partial charge in [-0.1, -0.05) is 78.1 Å². The van der Waals surface area contributed by atoms with Gasteiger partial charge in [-0.2, -0.15) is 0 Å². The molecule has 0 bridgehead atoms. The van der Waals surface area contributed by atoms with E-state index in [0.29, 0.717) is 0 Å². The van der Waals surface area contributed by atoms with Crippen LogP contribution >= 0.6 is 0 Å². The molecule has 0 heteroatoms. The van der Waals surface area contributed by atoms with Crippen LogP contribution in [0.1, 0.15) is 104 Å². The van der Waals surface area contributed by atoms with Crippen molar-refractivity contribution in [2.24, 2.45) is 23.7 Å². The lowest BCUT2D eigenvalue weighted by molar-refractivity contribution is 0.146. The molecule has 0 heterocycles. The minimum Gasteiger partial charge on any atom is -0.0654 e. The summed E-state index contributed by atoms with van der Waals surface area (Å²) in [5, 5.41) is 0. The summed E-state index contributed by atoms with van der Waals surface area (Å²) in [6.07, 6.45) is 21.2. The van der Waals surface area contributed by atoms with Crippen LogP contribution in [0.25, 0.3) is 0 Å². The Hall–Kier alpha value is 0. The molecule has 118 valence electrons. The molecule has 2 fully saturated rings. The van der Waals surface area contributed by atoms with Crippen molar-refractivity contribution in [1.29, 1.82) is 0 Å². The maximum absolute atomic E-state index is 2.45. The van der Waals surface area contributed by atoms with E-state index in [9.17, 15) is 0 Å². The van der Waals surface area contributed by atoms with Gasteiger partial charge in [0, 0.05) is 0 Å². The van der Waals surface area contributed by atoms with Gasteiger partial charge in [-0.25, -0.2) is 0 Å². The Morgan fingerprint density at radius 3 is 1.80 bits per heavy atom. The van der Waals surface area contributed by atoms with E-state index in [-0.39, 0.29) is 0 Å². The van der Waals surface area contributed by atoms with Gasteiger partial charge < -0.3 is 0 Å². The van der Waals surface area contributed by atoms with Crippen molar-refractivity contribution >= 4 is 0 Å². The zero-order valence-electron chi connectivity index (χ0n) is 14.2. The molecule has 0 aromatic heterocycles. The molecule has 0 aliphatic heterocycles. The first-order valence-corrected chi connectivity index (χ1v) is 9.79. The zero-order chi connectivity index (χ0) is 14.2. The van der Waals surface area contributed by atoms with Crippen LogP contribution in [0.3, 0.4) is 0 Å². The average Bonchev–Trinajstić information content (AvgIpc) is 2.49. The van der Waals surface area contributed by atoms with Crippen molar-refractivity contribution in [2.45, 2.75) is 104 Å². The minimum absolute atomic E-state index is 1.02. The van der Waals surface area contributed by atoms with Crippen LogP contribution in [0.5, 0.6) is 0 Å². The smallest absolute Gasteiger partial charge is 0.0386 e. The fourth-order valence-electron chi connectivity index (χ4n) is 4.74. The molecule has 0 radical (unpaired) electrons. The molecule has 0 amide bonds. The molecule has 0 unspecified atom stereocenters. The molecule has 0 spiro atoms. The molecule has 0 saturated heterocycles. The number of rotatable bonds is 7. The molecular weight excluding hydrogens is 240 g/mol. The summed E-state index contributed by atoms with van der Waals surface area (Å²) in [7, 11) is 0. The molecule has 20 heavy (non-hydrogen) atoms. The summed E-state index contributed by atoms with van der Waals surface area (Å²) < 4.78 is 0. The molecule has 0 atom stereocenters. The Morgan fingerprint density at radius 2 is 1.20 bits per heavy atom. The largest absolute Gasteiger partial charge is 0.0654 e. The van der Waals surface area contributed by atoms with Crippen molar-refractivity contribution in [3.05, 3.63) is 0 Å².